The van der Waals surface area contributed by atoms with Crippen LogP contribution in [0.5, 0.6) is 0 Å². The molecule has 5 aromatic carbocycles. The van der Waals surface area contributed by atoms with Crippen molar-refractivity contribution in [3.63, 3.8) is 0 Å². The zero-order chi connectivity index (χ0) is 36.5. The number of benzene rings is 5. The molecule has 254 valence electrons. The molecule has 0 amide bonds. The molecule has 0 fully saturated rings. The van der Waals surface area contributed by atoms with Crippen molar-refractivity contribution in [1.82, 2.24) is 15.0 Å². The predicted molar refractivity (Wildman–Crippen MR) is 222 cm³/mol. The highest BCUT2D eigenvalue weighted by Crippen LogP contribution is 2.34. The van der Waals surface area contributed by atoms with Gasteiger partial charge in [0.1, 0.15) is 5.82 Å². The van der Waals surface area contributed by atoms with Gasteiger partial charge in [0.05, 0.1) is 0 Å². The van der Waals surface area contributed by atoms with E-state index in [1.54, 1.807) is 6.08 Å². The highest BCUT2D eigenvalue weighted by atomic mass is 15.0. The van der Waals surface area contributed by atoms with Crippen molar-refractivity contribution in [2.75, 3.05) is 0 Å². The second kappa shape index (κ2) is 18.9. The molecule has 3 heteroatoms. The Hall–Kier alpha value is -6.67. The molecule has 0 unspecified atom stereocenters. The third-order valence-corrected chi connectivity index (χ3v) is 8.02. The van der Waals surface area contributed by atoms with Crippen molar-refractivity contribution in [1.29, 1.82) is 0 Å². The Kier molecular flexibility index (Phi) is 13.3. The normalized spacial score (nSPS) is 11.4. The summed E-state index contributed by atoms with van der Waals surface area (Å²) in [7, 11) is 0. The van der Waals surface area contributed by atoms with Crippen LogP contribution in [-0.4, -0.2) is 15.0 Å². The Balaban J connectivity index is 0.000000514. The van der Waals surface area contributed by atoms with Crippen LogP contribution in [0, 0.1) is 6.92 Å². The third kappa shape index (κ3) is 9.73. The van der Waals surface area contributed by atoms with Crippen molar-refractivity contribution in [2.45, 2.75) is 20.8 Å². The maximum absolute atomic E-state index is 5.06. The quantitative estimate of drug-likeness (QED) is 0.119. The summed E-state index contributed by atoms with van der Waals surface area (Å²) >= 11 is 0. The smallest absolute Gasteiger partial charge is 0.163 e. The molecule has 6 aromatic rings. The van der Waals surface area contributed by atoms with Crippen LogP contribution < -0.4 is 0 Å². The van der Waals surface area contributed by atoms with Gasteiger partial charge in [-0.25, -0.2) is 15.0 Å². The highest BCUT2D eigenvalue weighted by molar-refractivity contribution is 5.83. The standard InChI is InChI=1S/C40H31N3.C7H6.C2H6/c1-4-15-29(5-2)33-22-34(30-16-9-6-10-17-30)25-37(24-33)39-41-28(3)42-40(43-39)38-26-35(31-18-11-7-12-19-31)23-36(27-38)32-20-13-8-14-21-32;1-2-4-6-7-5-3-1;1-2/h4-27H,1-2H2,3H3;1-6H;1-2H3/b29-15+;;. The number of nitrogens with zero attached hydrogens (tertiary/aromatic N) is 3. The van der Waals surface area contributed by atoms with E-state index in [-0.39, 0.29) is 0 Å². The van der Waals surface area contributed by atoms with Crippen LogP contribution in [-0.2, 0) is 0 Å². The molecule has 0 radical (unpaired) electrons. The molecule has 1 aromatic heterocycles. The minimum Gasteiger partial charge on any atom is -0.213 e. The minimum atomic E-state index is 0.620. The number of hydrogen-bond donors (Lipinski definition) is 0. The maximum Gasteiger partial charge on any atom is 0.163 e. The highest BCUT2D eigenvalue weighted by Gasteiger charge is 2.15. The van der Waals surface area contributed by atoms with Crippen LogP contribution in [0.15, 0.2) is 201 Å². The second-order valence-corrected chi connectivity index (χ2v) is 11.6. The number of allylic oxidation sites excluding steroid dienone is 9. The van der Waals surface area contributed by atoms with Gasteiger partial charge < -0.3 is 0 Å². The van der Waals surface area contributed by atoms with E-state index in [1.807, 2.05) is 99.7 Å². The van der Waals surface area contributed by atoms with Crippen LogP contribution in [0.2, 0.25) is 0 Å². The lowest BCUT2D eigenvalue weighted by molar-refractivity contribution is 0.992. The second-order valence-electron chi connectivity index (χ2n) is 11.6. The van der Waals surface area contributed by atoms with Crippen LogP contribution in [0.1, 0.15) is 25.2 Å². The van der Waals surface area contributed by atoms with Crippen molar-refractivity contribution < 1.29 is 0 Å². The van der Waals surface area contributed by atoms with Gasteiger partial charge in [0.15, 0.2) is 11.6 Å². The van der Waals surface area contributed by atoms with Crippen molar-refractivity contribution >= 4 is 5.57 Å². The average molecular weight is 674 g/mol. The first-order chi connectivity index (χ1) is 25.6. The summed E-state index contributed by atoms with van der Waals surface area (Å²) in [5.74, 6) is 1.91. The molecule has 0 spiro atoms. The van der Waals surface area contributed by atoms with E-state index in [0.717, 1.165) is 55.6 Å². The fourth-order valence-corrected chi connectivity index (χ4v) is 5.63. The predicted octanol–water partition coefficient (Wildman–Crippen LogP) is 13.1. The molecule has 3 nitrogen and oxygen atoms in total. The summed E-state index contributed by atoms with van der Waals surface area (Å²) in [6, 6.07) is 44.1. The summed E-state index contributed by atoms with van der Waals surface area (Å²) in [6.07, 6.45) is 17.2. The summed E-state index contributed by atoms with van der Waals surface area (Å²) in [6.45, 7) is 13.8. The van der Waals surface area contributed by atoms with E-state index in [0.29, 0.717) is 17.5 Å². The zero-order valence-electron chi connectivity index (χ0n) is 30.1. The molecule has 1 aliphatic carbocycles. The Morgan fingerprint density at radius 1 is 0.500 bits per heavy atom. The molecule has 0 atom stereocenters. The molecule has 0 aliphatic heterocycles. The maximum atomic E-state index is 5.06. The molecule has 0 saturated heterocycles. The van der Waals surface area contributed by atoms with E-state index in [4.69, 9.17) is 15.0 Å². The minimum absolute atomic E-state index is 0.620. The fourth-order valence-electron chi connectivity index (χ4n) is 5.63. The van der Waals surface area contributed by atoms with Gasteiger partial charge in [-0.1, -0.05) is 161 Å². The van der Waals surface area contributed by atoms with Gasteiger partial charge in [-0.05, 0) is 100.0 Å². The molecule has 0 saturated carbocycles. The van der Waals surface area contributed by atoms with Gasteiger partial charge in [0.25, 0.3) is 0 Å². The summed E-state index contributed by atoms with van der Waals surface area (Å²) in [5.41, 5.74) is 13.4. The fraction of sp³-hybridized carbons (Fsp3) is 0.0612. The third-order valence-electron chi connectivity index (χ3n) is 8.02. The lowest BCUT2D eigenvalue weighted by Gasteiger charge is -2.13. The van der Waals surface area contributed by atoms with Crippen molar-refractivity contribution in [3.05, 3.63) is 212 Å². The van der Waals surface area contributed by atoms with Crippen LogP contribution in [0.3, 0.4) is 0 Å². The van der Waals surface area contributed by atoms with E-state index in [9.17, 15) is 0 Å². The van der Waals surface area contributed by atoms with Crippen molar-refractivity contribution in [2.24, 2.45) is 0 Å². The SMILES string of the molecule is C1=CC=CC=CC=1.C=C/C=C(\C=C)c1cc(-c2ccccc2)cc(-c2nc(C)nc(-c3cc(-c4ccccc4)cc(-c4ccccc4)c3)n2)c1.CC. The van der Waals surface area contributed by atoms with Crippen molar-refractivity contribution in [3.8, 4) is 56.2 Å². The van der Waals surface area contributed by atoms with Gasteiger partial charge >= 0.3 is 0 Å². The van der Waals surface area contributed by atoms with E-state index >= 15 is 0 Å². The average Bonchev–Trinajstić information content (AvgIpc) is 3.55. The van der Waals surface area contributed by atoms with E-state index in [2.05, 4.69) is 116 Å². The zero-order valence-corrected chi connectivity index (χ0v) is 30.1. The van der Waals surface area contributed by atoms with Crippen LogP contribution >= 0.6 is 0 Å². The topological polar surface area (TPSA) is 38.7 Å². The molecule has 7 rings (SSSR count). The number of aryl methyl sites for hydroxylation is 1. The first-order valence-electron chi connectivity index (χ1n) is 17.5. The van der Waals surface area contributed by atoms with Crippen LogP contribution in [0.25, 0.3) is 61.7 Å². The molecule has 1 aliphatic rings. The monoisotopic (exact) mass is 673 g/mol. The first kappa shape index (κ1) is 36.6. The Bertz CT molecular complexity index is 2200. The molecular weight excluding hydrogens is 631 g/mol. The molecule has 0 N–H and O–H groups in total. The van der Waals surface area contributed by atoms with Gasteiger partial charge in [0.2, 0.25) is 0 Å². The number of rotatable bonds is 8. The summed E-state index contributed by atoms with van der Waals surface area (Å²) in [4.78, 5) is 14.7. The Morgan fingerprint density at radius 3 is 1.35 bits per heavy atom. The number of hydrogen-bond acceptors (Lipinski definition) is 3. The van der Waals surface area contributed by atoms with Crippen LogP contribution in [0.4, 0.5) is 0 Å². The van der Waals surface area contributed by atoms with E-state index < -0.39 is 0 Å². The Labute approximate surface area is 308 Å². The Morgan fingerprint density at radius 2 is 0.904 bits per heavy atom. The summed E-state index contributed by atoms with van der Waals surface area (Å²) < 4.78 is 0. The van der Waals surface area contributed by atoms with Gasteiger partial charge in [-0.3, -0.25) is 0 Å². The van der Waals surface area contributed by atoms with E-state index in [1.165, 1.54) is 0 Å². The molecule has 0 bridgehead atoms. The largest absolute Gasteiger partial charge is 0.213 e. The lowest BCUT2D eigenvalue weighted by Crippen LogP contribution is -2.01. The molecule has 52 heavy (non-hydrogen) atoms. The summed E-state index contributed by atoms with van der Waals surface area (Å²) in [5, 5.41) is 0. The molecular formula is C49H43N3. The number of aromatic nitrogens is 3. The van der Waals surface area contributed by atoms with Gasteiger partial charge in [-0.15, -0.1) is 5.73 Å². The molecule has 1 heterocycles. The first-order valence-corrected chi connectivity index (χ1v) is 17.5. The van der Waals surface area contributed by atoms with Gasteiger partial charge in [0, 0.05) is 11.1 Å². The lowest BCUT2D eigenvalue weighted by atomic mass is 9.95. The van der Waals surface area contributed by atoms with Gasteiger partial charge in [-0.2, -0.15) is 0 Å².